The highest BCUT2D eigenvalue weighted by molar-refractivity contribution is 5.93. The van der Waals surface area contributed by atoms with Crippen molar-refractivity contribution in [3.05, 3.63) is 47.9 Å². The molecule has 5 heteroatoms. The molecule has 0 fully saturated rings. The molecule has 22 heavy (non-hydrogen) atoms. The van der Waals surface area contributed by atoms with Crippen LogP contribution in [-0.2, 0) is 6.42 Å². The zero-order chi connectivity index (χ0) is 15.9. The van der Waals surface area contributed by atoms with Crippen molar-refractivity contribution in [1.82, 2.24) is 15.3 Å². The average molecular weight is 298 g/mol. The summed E-state index contributed by atoms with van der Waals surface area (Å²) in [6.07, 6.45) is 3.29. The van der Waals surface area contributed by atoms with Crippen molar-refractivity contribution in [3.8, 4) is 0 Å². The van der Waals surface area contributed by atoms with Gasteiger partial charge in [0.15, 0.2) is 0 Å². The molecule has 1 heterocycles. The van der Waals surface area contributed by atoms with Crippen LogP contribution in [0, 0.1) is 0 Å². The Labute approximate surface area is 131 Å². The van der Waals surface area contributed by atoms with Gasteiger partial charge in [-0.2, -0.15) is 0 Å². The normalized spacial score (nSPS) is 11.8. The molecule has 1 atom stereocenters. The first-order valence-electron chi connectivity index (χ1n) is 7.61. The van der Waals surface area contributed by atoms with Crippen LogP contribution in [0.2, 0.25) is 0 Å². The van der Waals surface area contributed by atoms with Crippen molar-refractivity contribution >= 4 is 17.4 Å². The summed E-state index contributed by atoms with van der Waals surface area (Å²) in [4.78, 5) is 20.3. The topological polar surface area (TPSA) is 66.9 Å². The number of nitrogens with zero attached hydrogens (tertiary/aromatic N) is 2. The molecule has 1 amide bonds. The molecule has 1 unspecified atom stereocenters. The van der Waals surface area contributed by atoms with E-state index in [0.29, 0.717) is 11.5 Å². The highest BCUT2D eigenvalue weighted by Gasteiger charge is 2.11. The molecule has 0 radical (unpaired) electrons. The first-order valence-corrected chi connectivity index (χ1v) is 7.61. The molecule has 1 aromatic carbocycles. The van der Waals surface area contributed by atoms with Gasteiger partial charge in [-0.3, -0.25) is 4.79 Å². The smallest absolute Gasteiger partial charge is 0.270 e. The minimum Gasteiger partial charge on any atom is -0.348 e. The van der Waals surface area contributed by atoms with E-state index >= 15 is 0 Å². The van der Waals surface area contributed by atoms with Crippen LogP contribution in [-0.4, -0.2) is 21.9 Å². The number of carbonyl (C=O) groups excluding carboxylic acids is 1. The van der Waals surface area contributed by atoms with Crippen LogP contribution >= 0.6 is 0 Å². The van der Waals surface area contributed by atoms with Crippen molar-refractivity contribution < 1.29 is 4.79 Å². The van der Waals surface area contributed by atoms with E-state index < -0.39 is 0 Å². The molecule has 0 saturated carbocycles. The quantitative estimate of drug-likeness (QED) is 0.858. The van der Waals surface area contributed by atoms with Crippen LogP contribution in [0.1, 0.15) is 43.2 Å². The number of aryl methyl sites for hydroxylation is 1. The Kier molecular flexibility index (Phi) is 5.47. The number of anilines is 2. The fourth-order valence-corrected chi connectivity index (χ4v) is 1.92. The molecule has 0 spiro atoms. The van der Waals surface area contributed by atoms with E-state index in [1.54, 1.807) is 6.07 Å². The predicted octanol–water partition coefficient (Wildman–Crippen LogP) is 3.31. The summed E-state index contributed by atoms with van der Waals surface area (Å²) in [6.45, 7) is 6.11. The van der Waals surface area contributed by atoms with Crippen molar-refractivity contribution in [1.29, 1.82) is 0 Å². The van der Waals surface area contributed by atoms with Gasteiger partial charge in [0.1, 0.15) is 17.8 Å². The molecular formula is C17H22N4O. The Hall–Kier alpha value is -2.43. The van der Waals surface area contributed by atoms with Crippen LogP contribution in [0.15, 0.2) is 36.7 Å². The predicted molar refractivity (Wildman–Crippen MR) is 88.4 cm³/mol. The number of hydrogen-bond acceptors (Lipinski definition) is 4. The number of nitrogens with one attached hydrogen (secondary N) is 2. The summed E-state index contributed by atoms with van der Waals surface area (Å²) in [5.74, 6) is 0.426. The lowest BCUT2D eigenvalue weighted by Gasteiger charge is -2.11. The highest BCUT2D eigenvalue weighted by Crippen LogP contribution is 2.15. The minimum atomic E-state index is -0.180. The van der Waals surface area contributed by atoms with E-state index in [-0.39, 0.29) is 11.9 Å². The molecule has 0 bridgehead atoms. The van der Waals surface area contributed by atoms with Crippen molar-refractivity contribution in [2.45, 2.75) is 39.7 Å². The fourth-order valence-electron chi connectivity index (χ4n) is 1.92. The van der Waals surface area contributed by atoms with E-state index in [1.807, 2.05) is 26.0 Å². The van der Waals surface area contributed by atoms with Crippen molar-refractivity contribution in [2.24, 2.45) is 0 Å². The lowest BCUT2D eigenvalue weighted by atomic mass is 10.1. The fraction of sp³-hybridized carbons (Fsp3) is 0.353. The summed E-state index contributed by atoms with van der Waals surface area (Å²) >= 11 is 0. The number of carbonyl (C=O) groups is 1. The third-order valence-corrected chi connectivity index (χ3v) is 3.52. The van der Waals surface area contributed by atoms with Crippen molar-refractivity contribution in [2.75, 3.05) is 5.32 Å². The molecule has 2 N–H and O–H groups in total. The van der Waals surface area contributed by atoms with Gasteiger partial charge in [0.25, 0.3) is 5.91 Å². The largest absolute Gasteiger partial charge is 0.348 e. The van der Waals surface area contributed by atoms with Gasteiger partial charge in [-0.05, 0) is 37.5 Å². The number of benzene rings is 1. The van der Waals surface area contributed by atoms with Crippen LogP contribution < -0.4 is 10.6 Å². The third kappa shape index (κ3) is 4.28. The second-order valence-electron chi connectivity index (χ2n) is 5.25. The van der Waals surface area contributed by atoms with E-state index in [0.717, 1.165) is 18.5 Å². The maximum Gasteiger partial charge on any atom is 0.270 e. The van der Waals surface area contributed by atoms with Crippen LogP contribution in [0.5, 0.6) is 0 Å². The van der Waals surface area contributed by atoms with Gasteiger partial charge in [0, 0.05) is 17.8 Å². The van der Waals surface area contributed by atoms with Crippen LogP contribution in [0.25, 0.3) is 0 Å². The monoisotopic (exact) mass is 298 g/mol. The molecule has 2 rings (SSSR count). The zero-order valence-corrected chi connectivity index (χ0v) is 13.3. The van der Waals surface area contributed by atoms with E-state index in [9.17, 15) is 4.79 Å². The average Bonchev–Trinajstić information content (AvgIpc) is 2.55. The maximum atomic E-state index is 12.1. The molecule has 0 aliphatic rings. The van der Waals surface area contributed by atoms with Gasteiger partial charge in [-0.1, -0.05) is 26.0 Å². The van der Waals surface area contributed by atoms with Gasteiger partial charge in [-0.25, -0.2) is 9.97 Å². The molecule has 0 aliphatic heterocycles. The summed E-state index contributed by atoms with van der Waals surface area (Å²) < 4.78 is 0. The highest BCUT2D eigenvalue weighted by atomic mass is 16.1. The maximum absolute atomic E-state index is 12.1. The molecule has 0 aliphatic carbocycles. The second kappa shape index (κ2) is 7.54. The lowest BCUT2D eigenvalue weighted by Crippen LogP contribution is -2.32. The SMILES string of the molecule is CCc1ccc(Nc2cc(C(=O)NC(C)CC)ncn2)cc1. The first kappa shape index (κ1) is 15.9. The van der Waals surface area contributed by atoms with Gasteiger partial charge < -0.3 is 10.6 Å². The molecule has 5 nitrogen and oxygen atoms in total. The molecule has 116 valence electrons. The van der Waals surface area contributed by atoms with Crippen LogP contribution in [0.3, 0.4) is 0 Å². The molecule has 1 aromatic heterocycles. The second-order valence-corrected chi connectivity index (χ2v) is 5.25. The van der Waals surface area contributed by atoms with E-state index in [2.05, 4.69) is 39.7 Å². The van der Waals surface area contributed by atoms with Crippen LogP contribution in [0.4, 0.5) is 11.5 Å². The zero-order valence-electron chi connectivity index (χ0n) is 13.3. The van der Waals surface area contributed by atoms with E-state index in [1.165, 1.54) is 11.9 Å². The van der Waals surface area contributed by atoms with Gasteiger partial charge in [0.2, 0.25) is 0 Å². The minimum absolute atomic E-state index is 0.125. The van der Waals surface area contributed by atoms with Gasteiger partial charge >= 0.3 is 0 Å². The Bertz CT molecular complexity index is 625. The summed E-state index contributed by atoms with van der Waals surface area (Å²) in [5, 5.41) is 6.08. The molecular weight excluding hydrogens is 276 g/mol. The van der Waals surface area contributed by atoms with Gasteiger partial charge in [0.05, 0.1) is 0 Å². The number of aromatic nitrogens is 2. The van der Waals surface area contributed by atoms with E-state index in [4.69, 9.17) is 0 Å². The molecule has 2 aromatic rings. The summed E-state index contributed by atoms with van der Waals surface area (Å²) in [6, 6.07) is 9.92. The first-order chi connectivity index (χ1) is 10.6. The number of hydrogen-bond donors (Lipinski definition) is 2. The number of amides is 1. The lowest BCUT2D eigenvalue weighted by molar-refractivity contribution is 0.0934. The Morgan fingerprint density at radius 1 is 1.18 bits per heavy atom. The third-order valence-electron chi connectivity index (χ3n) is 3.52. The Morgan fingerprint density at radius 3 is 2.55 bits per heavy atom. The number of rotatable bonds is 6. The Balaban J connectivity index is 2.08. The molecule has 0 saturated heterocycles. The summed E-state index contributed by atoms with van der Waals surface area (Å²) in [5.41, 5.74) is 2.58. The Morgan fingerprint density at radius 2 is 1.91 bits per heavy atom. The standard InChI is InChI=1S/C17H22N4O/c1-4-12(3)20-17(22)15-10-16(19-11-18-15)21-14-8-6-13(5-2)7-9-14/h6-12H,4-5H2,1-3H3,(H,20,22)(H,18,19,21). The summed E-state index contributed by atoms with van der Waals surface area (Å²) in [7, 11) is 0. The van der Waals surface area contributed by atoms with Crippen molar-refractivity contribution in [3.63, 3.8) is 0 Å². The van der Waals surface area contributed by atoms with Gasteiger partial charge in [-0.15, -0.1) is 0 Å².